The molecule has 0 unspecified atom stereocenters. The maximum atomic E-state index is 13.3. The van der Waals surface area contributed by atoms with Crippen molar-refractivity contribution < 1.29 is 17.9 Å². The fourth-order valence-corrected chi connectivity index (χ4v) is 5.55. The fourth-order valence-electron chi connectivity index (χ4n) is 5.55. The van der Waals surface area contributed by atoms with Crippen molar-refractivity contribution in [3.05, 3.63) is 35.5 Å². The van der Waals surface area contributed by atoms with Crippen LogP contribution >= 0.6 is 0 Å². The van der Waals surface area contributed by atoms with Crippen LogP contribution in [-0.2, 0) is 10.2 Å². The molecule has 4 heterocycles. The van der Waals surface area contributed by atoms with Crippen LogP contribution in [0.15, 0.2) is 18.5 Å². The Hall–Kier alpha value is -2.82. The van der Waals surface area contributed by atoms with Gasteiger partial charge >= 0.3 is 6.18 Å². The summed E-state index contributed by atoms with van der Waals surface area (Å²) in [5.74, 6) is 0.518. The van der Waals surface area contributed by atoms with Crippen LogP contribution in [0.3, 0.4) is 0 Å². The third-order valence-corrected chi connectivity index (χ3v) is 7.80. The van der Waals surface area contributed by atoms with Gasteiger partial charge in [-0.2, -0.15) is 23.3 Å². The van der Waals surface area contributed by atoms with E-state index in [1.165, 1.54) is 12.8 Å². The summed E-state index contributed by atoms with van der Waals surface area (Å²) >= 11 is 0. The zero-order valence-corrected chi connectivity index (χ0v) is 19.8. The van der Waals surface area contributed by atoms with Crippen LogP contribution in [-0.4, -0.2) is 62.2 Å². The third-order valence-electron chi connectivity index (χ3n) is 7.80. The molecule has 5 fully saturated rings. The van der Waals surface area contributed by atoms with Crippen LogP contribution in [0.5, 0.6) is 0 Å². The quantitative estimate of drug-likeness (QED) is 0.551. The van der Waals surface area contributed by atoms with Crippen molar-refractivity contribution in [3.8, 4) is 0 Å². The Labute approximate surface area is 200 Å². The van der Waals surface area contributed by atoms with E-state index in [-0.39, 0.29) is 19.3 Å². The number of hydrogen-bond donors (Lipinski definition) is 0. The van der Waals surface area contributed by atoms with Crippen molar-refractivity contribution in [2.45, 2.75) is 63.6 Å². The lowest BCUT2D eigenvalue weighted by molar-refractivity contribution is -0.337. The van der Waals surface area contributed by atoms with Crippen LogP contribution in [0.4, 0.5) is 19.1 Å². The van der Waals surface area contributed by atoms with Crippen molar-refractivity contribution in [2.24, 2.45) is 5.41 Å². The molecule has 2 bridgehead atoms. The van der Waals surface area contributed by atoms with Gasteiger partial charge in [-0.1, -0.05) is 0 Å². The molecule has 0 radical (unpaired) electrons. The molecule has 4 saturated carbocycles. The van der Waals surface area contributed by atoms with E-state index in [0.717, 1.165) is 17.4 Å². The van der Waals surface area contributed by atoms with E-state index in [9.17, 15) is 13.2 Å². The number of ether oxygens (including phenoxy) is 1. The summed E-state index contributed by atoms with van der Waals surface area (Å²) in [6, 6.07) is 2.71. The van der Waals surface area contributed by atoms with Gasteiger partial charge in [0.1, 0.15) is 5.52 Å². The van der Waals surface area contributed by atoms with Gasteiger partial charge in [-0.25, -0.2) is 15.0 Å². The fraction of sp³-hybridized carbons (Fsp3) is 0.625. The number of morpholine rings is 1. The zero-order chi connectivity index (χ0) is 24.4. The highest BCUT2D eigenvalue weighted by molar-refractivity contribution is 5.77. The molecular weight excluding hydrogens is 459 g/mol. The smallest absolute Gasteiger partial charge is 0.378 e. The van der Waals surface area contributed by atoms with Crippen molar-refractivity contribution in [1.29, 1.82) is 0 Å². The molecule has 35 heavy (non-hydrogen) atoms. The predicted octanol–water partition coefficient (Wildman–Crippen LogP) is 4.08. The second kappa shape index (κ2) is 7.84. The Morgan fingerprint density at radius 1 is 0.971 bits per heavy atom. The van der Waals surface area contributed by atoms with E-state index in [1.807, 2.05) is 41.9 Å². The van der Waals surface area contributed by atoms with Gasteiger partial charge in [0.15, 0.2) is 5.65 Å². The number of halogens is 3. The van der Waals surface area contributed by atoms with Crippen LogP contribution in [0.1, 0.15) is 55.2 Å². The molecule has 4 aliphatic carbocycles. The van der Waals surface area contributed by atoms with E-state index in [4.69, 9.17) is 9.72 Å². The van der Waals surface area contributed by atoms with Gasteiger partial charge < -0.3 is 9.64 Å². The summed E-state index contributed by atoms with van der Waals surface area (Å²) in [4.78, 5) is 20.5. The average molecular weight is 488 g/mol. The zero-order valence-electron chi connectivity index (χ0n) is 19.8. The van der Waals surface area contributed by atoms with Crippen molar-refractivity contribution in [3.63, 3.8) is 0 Å². The van der Waals surface area contributed by atoms with Crippen molar-refractivity contribution in [2.75, 3.05) is 31.2 Å². The summed E-state index contributed by atoms with van der Waals surface area (Å²) < 4.78 is 47.4. The minimum Gasteiger partial charge on any atom is -0.378 e. The minimum absolute atomic E-state index is 0.0900. The first-order valence-electron chi connectivity index (χ1n) is 12.1. The molecule has 11 heteroatoms. The molecule has 0 amide bonds. The number of aryl methyl sites for hydroxylation is 2. The number of rotatable bonds is 3. The SMILES string of the molecule is Cc1nc2nc(N3CCOCC3)nc(C34CC(C(F)(F)F)(C3)C4)c2nc1C.c1cnn(C2CC2)c1. The molecule has 8 rings (SSSR count). The lowest BCUT2D eigenvalue weighted by Crippen LogP contribution is -2.70. The third kappa shape index (κ3) is 3.75. The molecule has 8 nitrogen and oxygen atoms in total. The first-order valence-corrected chi connectivity index (χ1v) is 12.1. The predicted molar refractivity (Wildman–Crippen MR) is 122 cm³/mol. The Morgan fingerprint density at radius 2 is 1.66 bits per heavy atom. The largest absolute Gasteiger partial charge is 0.394 e. The molecule has 0 atom stereocenters. The molecule has 0 N–H and O–H groups in total. The molecule has 1 aliphatic heterocycles. The Kier molecular flexibility index (Phi) is 5.07. The van der Waals surface area contributed by atoms with Crippen molar-refractivity contribution in [1.82, 2.24) is 29.7 Å². The molecule has 1 saturated heterocycles. The standard InChI is InChI=1S/C18H20F3N5O.C6H8N2/c1-10-11(2)23-14-12(22-10)13(16-7-17(8-16,9-16)18(19,20)21)24-15(25-14)26-3-5-27-6-4-26;1-4-7-8(5-1)6-2-3-6/h3-9H2,1-2H3;1,4-6H,2-3H2. The van der Waals surface area contributed by atoms with Crippen LogP contribution in [0.2, 0.25) is 0 Å². The molecular formula is C24H28F3N7O. The average Bonchev–Trinajstić information content (AvgIpc) is 3.47. The first-order chi connectivity index (χ1) is 16.7. The topological polar surface area (TPSA) is 81.8 Å². The molecule has 3 aromatic rings. The van der Waals surface area contributed by atoms with Gasteiger partial charge in [-0.3, -0.25) is 4.68 Å². The first kappa shape index (κ1) is 22.6. The van der Waals surface area contributed by atoms with E-state index in [0.29, 0.717) is 49.1 Å². The summed E-state index contributed by atoms with van der Waals surface area (Å²) in [6.07, 6.45) is 2.62. The number of aromatic nitrogens is 6. The highest BCUT2D eigenvalue weighted by Crippen LogP contribution is 2.78. The lowest BCUT2D eigenvalue weighted by Gasteiger charge is -2.70. The summed E-state index contributed by atoms with van der Waals surface area (Å²) in [7, 11) is 0. The lowest BCUT2D eigenvalue weighted by atomic mass is 9.34. The van der Waals surface area contributed by atoms with E-state index >= 15 is 0 Å². The van der Waals surface area contributed by atoms with Gasteiger partial charge in [-0.15, -0.1) is 0 Å². The summed E-state index contributed by atoms with van der Waals surface area (Å²) in [5, 5.41) is 4.09. The maximum absolute atomic E-state index is 13.3. The van der Waals surface area contributed by atoms with E-state index in [2.05, 4.69) is 20.1 Å². The number of anilines is 1. The van der Waals surface area contributed by atoms with Gasteiger partial charge in [0, 0.05) is 30.9 Å². The van der Waals surface area contributed by atoms with Crippen molar-refractivity contribution >= 4 is 17.1 Å². The normalized spacial score (nSPS) is 27.6. The Bertz CT molecular complexity index is 1230. The number of hydrogen-bond acceptors (Lipinski definition) is 7. The molecule has 3 aromatic heterocycles. The minimum atomic E-state index is -4.15. The van der Waals surface area contributed by atoms with Gasteiger partial charge in [0.25, 0.3) is 0 Å². The molecule has 186 valence electrons. The van der Waals surface area contributed by atoms with Gasteiger partial charge in [0.2, 0.25) is 5.95 Å². The number of fused-ring (bicyclic) bond motifs is 1. The highest BCUT2D eigenvalue weighted by Gasteiger charge is 2.79. The van der Waals surface area contributed by atoms with E-state index in [1.54, 1.807) is 0 Å². The second-order valence-corrected chi connectivity index (χ2v) is 10.3. The molecule has 0 aromatic carbocycles. The molecule has 5 aliphatic rings. The van der Waals surface area contributed by atoms with Gasteiger partial charge in [0.05, 0.1) is 41.8 Å². The Balaban J connectivity index is 0.000000240. The summed E-state index contributed by atoms with van der Waals surface area (Å²) in [6.45, 7) is 6.18. The number of alkyl halides is 3. The highest BCUT2D eigenvalue weighted by atomic mass is 19.4. The number of nitrogens with zero attached hydrogens (tertiary/aromatic N) is 7. The molecule has 0 spiro atoms. The second-order valence-electron chi connectivity index (χ2n) is 10.3. The van der Waals surface area contributed by atoms with Crippen LogP contribution < -0.4 is 4.90 Å². The van der Waals surface area contributed by atoms with Gasteiger partial charge in [-0.05, 0) is 52.0 Å². The van der Waals surface area contributed by atoms with Crippen LogP contribution in [0, 0.1) is 19.3 Å². The Morgan fingerprint density at radius 3 is 2.26 bits per heavy atom. The van der Waals surface area contributed by atoms with Crippen LogP contribution in [0.25, 0.3) is 11.2 Å². The monoisotopic (exact) mass is 487 g/mol. The van der Waals surface area contributed by atoms with E-state index < -0.39 is 17.0 Å². The summed E-state index contributed by atoms with van der Waals surface area (Å²) in [5.41, 5.74) is 1.09. The maximum Gasteiger partial charge on any atom is 0.394 e.